The third kappa shape index (κ3) is 7.79. The first kappa shape index (κ1) is 16.0. The molecule has 0 aromatic carbocycles. The first-order valence-corrected chi connectivity index (χ1v) is 6.71. The van der Waals surface area contributed by atoms with Crippen LogP contribution in [0.5, 0.6) is 0 Å². The molecule has 3 heteroatoms. The zero-order valence-corrected chi connectivity index (χ0v) is 11.6. The summed E-state index contributed by atoms with van der Waals surface area (Å²) >= 11 is 0. The van der Waals surface area contributed by atoms with Gasteiger partial charge in [0.2, 0.25) is 5.91 Å². The van der Waals surface area contributed by atoms with Gasteiger partial charge in [-0.25, -0.2) is 0 Å². The molecule has 0 aromatic heterocycles. The summed E-state index contributed by atoms with van der Waals surface area (Å²) in [6.07, 6.45) is 4.84. The maximum Gasteiger partial charge on any atom is 0.237 e. The Morgan fingerprint density at radius 2 is 1.88 bits per heavy atom. The molecule has 17 heavy (non-hydrogen) atoms. The van der Waals surface area contributed by atoms with Crippen molar-refractivity contribution in [1.82, 2.24) is 5.32 Å². The van der Waals surface area contributed by atoms with Crippen LogP contribution in [0.3, 0.4) is 0 Å². The predicted molar refractivity (Wildman–Crippen MR) is 70.3 cm³/mol. The fraction of sp³-hybridized carbons (Fsp3) is 0.857. The summed E-state index contributed by atoms with van der Waals surface area (Å²) in [6.45, 7) is 8.41. The molecule has 0 aromatic rings. The van der Waals surface area contributed by atoms with Crippen LogP contribution in [-0.2, 0) is 4.79 Å². The van der Waals surface area contributed by atoms with Crippen LogP contribution in [-0.4, -0.2) is 11.9 Å². The summed E-state index contributed by atoms with van der Waals surface area (Å²) in [4.78, 5) is 11.7. The van der Waals surface area contributed by atoms with E-state index in [9.17, 15) is 4.79 Å². The van der Waals surface area contributed by atoms with Gasteiger partial charge in [-0.2, -0.15) is 5.26 Å². The molecule has 0 spiro atoms. The molecule has 0 aliphatic heterocycles. The minimum absolute atomic E-state index is 0.105. The molecular formula is C14H26N2O. The van der Waals surface area contributed by atoms with E-state index in [2.05, 4.69) is 25.2 Å². The predicted octanol–water partition coefficient (Wildman–Crippen LogP) is 3.26. The lowest BCUT2D eigenvalue weighted by atomic mass is 10.0. The van der Waals surface area contributed by atoms with E-state index in [1.165, 1.54) is 6.42 Å². The number of rotatable bonds is 8. The Labute approximate surface area is 106 Å². The van der Waals surface area contributed by atoms with Crippen molar-refractivity contribution in [3.05, 3.63) is 0 Å². The Hall–Kier alpha value is -1.04. The largest absolute Gasteiger partial charge is 0.353 e. The van der Waals surface area contributed by atoms with E-state index >= 15 is 0 Å². The van der Waals surface area contributed by atoms with Crippen LogP contribution < -0.4 is 5.32 Å². The van der Waals surface area contributed by atoms with Gasteiger partial charge in [-0.05, 0) is 25.7 Å². The van der Waals surface area contributed by atoms with Crippen molar-refractivity contribution in [2.45, 2.75) is 65.8 Å². The van der Waals surface area contributed by atoms with Crippen molar-refractivity contribution < 1.29 is 4.79 Å². The lowest BCUT2D eigenvalue weighted by molar-refractivity contribution is -0.124. The van der Waals surface area contributed by atoms with E-state index in [0.717, 1.165) is 19.3 Å². The highest BCUT2D eigenvalue weighted by molar-refractivity contribution is 5.81. The van der Waals surface area contributed by atoms with Crippen LogP contribution in [0.1, 0.15) is 59.8 Å². The standard InChI is InChI=1S/C14H26N2O/c1-5-7-13(10-15)14(17)16-12(4)9-6-8-11(2)3/h11-13H,5-9H2,1-4H3,(H,16,17). The molecule has 3 nitrogen and oxygen atoms in total. The molecule has 0 saturated carbocycles. The zero-order chi connectivity index (χ0) is 13.3. The average molecular weight is 238 g/mol. The molecular weight excluding hydrogens is 212 g/mol. The van der Waals surface area contributed by atoms with E-state index in [0.29, 0.717) is 12.3 Å². The van der Waals surface area contributed by atoms with Crippen LogP contribution in [0.4, 0.5) is 0 Å². The molecule has 0 bridgehead atoms. The van der Waals surface area contributed by atoms with Gasteiger partial charge in [-0.3, -0.25) is 4.79 Å². The second-order valence-corrected chi connectivity index (χ2v) is 5.20. The Morgan fingerprint density at radius 1 is 1.24 bits per heavy atom. The SMILES string of the molecule is CCCC(C#N)C(=O)NC(C)CCCC(C)C. The number of nitrogens with one attached hydrogen (secondary N) is 1. The van der Waals surface area contributed by atoms with Gasteiger partial charge < -0.3 is 5.32 Å². The summed E-state index contributed by atoms with van der Waals surface area (Å²) < 4.78 is 0. The third-order valence-corrected chi connectivity index (χ3v) is 2.86. The lowest BCUT2D eigenvalue weighted by Crippen LogP contribution is -2.36. The maximum absolute atomic E-state index is 11.7. The summed E-state index contributed by atoms with van der Waals surface area (Å²) in [5.41, 5.74) is 0. The molecule has 1 amide bonds. The fourth-order valence-corrected chi connectivity index (χ4v) is 1.79. The molecule has 0 rings (SSSR count). The van der Waals surface area contributed by atoms with Gasteiger partial charge in [0.1, 0.15) is 5.92 Å². The number of hydrogen-bond acceptors (Lipinski definition) is 2. The number of amides is 1. The molecule has 0 aliphatic rings. The van der Waals surface area contributed by atoms with Gasteiger partial charge in [0.25, 0.3) is 0 Å². The van der Waals surface area contributed by atoms with Crippen LogP contribution in [0.25, 0.3) is 0 Å². The molecule has 98 valence electrons. The summed E-state index contributed by atoms with van der Waals surface area (Å²) in [7, 11) is 0. The number of carbonyl (C=O) groups is 1. The number of carbonyl (C=O) groups excluding carboxylic acids is 1. The molecule has 2 unspecified atom stereocenters. The number of nitrogens with zero attached hydrogens (tertiary/aromatic N) is 1. The second kappa shape index (κ2) is 9.04. The summed E-state index contributed by atoms with van der Waals surface area (Å²) in [6, 6.07) is 2.25. The van der Waals surface area contributed by atoms with E-state index < -0.39 is 5.92 Å². The minimum atomic E-state index is -0.479. The van der Waals surface area contributed by atoms with Gasteiger partial charge >= 0.3 is 0 Å². The Bertz CT molecular complexity index is 255. The first-order chi connectivity index (χ1) is 8.01. The summed E-state index contributed by atoms with van der Waals surface area (Å²) in [5.74, 6) is 0.129. The highest BCUT2D eigenvalue weighted by Crippen LogP contribution is 2.10. The monoisotopic (exact) mass is 238 g/mol. The molecule has 1 N–H and O–H groups in total. The van der Waals surface area contributed by atoms with Gasteiger partial charge in [-0.1, -0.05) is 40.0 Å². The summed E-state index contributed by atoms with van der Waals surface area (Å²) in [5, 5.41) is 11.8. The zero-order valence-electron chi connectivity index (χ0n) is 11.6. The van der Waals surface area contributed by atoms with Crippen molar-refractivity contribution >= 4 is 5.91 Å². The van der Waals surface area contributed by atoms with Crippen molar-refractivity contribution in [2.24, 2.45) is 11.8 Å². The van der Waals surface area contributed by atoms with Crippen LogP contribution in [0.15, 0.2) is 0 Å². The van der Waals surface area contributed by atoms with Gasteiger partial charge in [0.15, 0.2) is 0 Å². The van der Waals surface area contributed by atoms with Crippen molar-refractivity contribution in [2.75, 3.05) is 0 Å². The van der Waals surface area contributed by atoms with E-state index in [4.69, 9.17) is 5.26 Å². The quantitative estimate of drug-likeness (QED) is 0.705. The smallest absolute Gasteiger partial charge is 0.237 e. The molecule has 0 radical (unpaired) electrons. The van der Waals surface area contributed by atoms with Crippen molar-refractivity contribution in [3.63, 3.8) is 0 Å². The molecule has 0 heterocycles. The second-order valence-electron chi connectivity index (χ2n) is 5.20. The normalized spacial score (nSPS) is 14.1. The molecule has 0 saturated heterocycles. The fourth-order valence-electron chi connectivity index (χ4n) is 1.79. The molecule has 0 fully saturated rings. The minimum Gasteiger partial charge on any atom is -0.353 e. The van der Waals surface area contributed by atoms with E-state index in [-0.39, 0.29) is 11.9 Å². The highest BCUT2D eigenvalue weighted by Gasteiger charge is 2.18. The van der Waals surface area contributed by atoms with Crippen LogP contribution in [0.2, 0.25) is 0 Å². The Balaban J connectivity index is 3.90. The van der Waals surface area contributed by atoms with Gasteiger partial charge in [0.05, 0.1) is 6.07 Å². The van der Waals surface area contributed by atoms with E-state index in [1.807, 2.05) is 13.8 Å². The average Bonchev–Trinajstić information content (AvgIpc) is 2.24. The van der Waals surface area contributed by atoms with Crippen molar-refractivity contribution in [3.8, 4) is 6.07 Å². The van der Waals surface area contributed by atoms with Crippen LogP contribution >= 0.6 is 0 Å². The van der Waals surface area contributed by atoms with Gasteiger partial charge in [0, 0.05) is 6.04 Å². The molecule has 0 aliphatic carbocycles. The van der Waals surface area contributed by atoms with E-state index in [1.54, 1.807) is 0 Å². The topological polar surface area (TPSA) is 52.9 Å². The van der Waals surface area contributed by atoms with Crippen molar-refractivity contribution in [1.29, 1.82) is 5.26 Å². The highest BCUT2D eigenvalue weighted by atomic mass is 16.1. The Kier molecular flexibility index (Phi) is 8.49. The third-order valence-electron chi connectivity index (χ3n) is 2.86. The van der Waals surface area contributed by atoms with Gasteiger partial charge in [-0.15, -0.1) is 0 Å². The Morgan fingerprint density at radius 3 is 2.35 bits per heavy atom. The molecule has 2 atom stereocenters. The number of hydrogen-bond donors (Lipinski definition) is 1. The maximum atomic E-state index is 11.7. The number of nitriles is 1. The van der Waals surface area contributed by atoms with Crippen LogP contribution in [0, 0.1) is 23.2 Å². The lowest BCUT2D eigenvalue weighted by Gasteiger charge is -2.16. The first-order valence-electron chi connectivity index (χ1n) is 6.71.